The summed E-state index contributed by atoms with van der Waals surface area (Å²) < 4.78 is 4.95. The van der Waals surface area contributed by atoms with Gasteiger partial charge < -0.3 is 9.13 Å². The van der Waals surface area contributed by atoms with Crippen molar-refractivity contribution < 1.29 is 0 Å². The van der Waals surface area contributed by atoms with Gasteiger partial charge >= 0.3 is 0 Å². The molecule has 3 heteroatoms. The second-order valence-corrected chi connectivity index (χ2v) is 17.7. The molecule has 2 aliphatic rings. The van der Waals surface area contributed by atoms with Crippen molar-refractivity contribution >= 4 is 65.3 Å². The first-order valence-electron chi connectivity index (χ1n) is 22.6. The van der Waals surface area contributed by atoms with Gasteiger partial charge in [0.25, 0.3) is 0 Å². The standard InChI is InChI=1S/C62H37N3/c1-2-18-39(19-3-1)64-55-31-14-8-23-43(55)45-33-34-46-44-24-9-15-32-56(44)65(61(46)60(45)64)40-20-16-17-38(37-40)59-49-35-36-53-58(57(49)48-26-7-13-30-54(48)63-59)47-25-6-12-29-52(47)62(53)50-27-10-4-21-41(50)42-22-5-11-28-51(42)62/h1-37H. The molecule has 0 unspecified atom stereocenters. The van der Waals surface area contributed by atoms with E-state index in [2.05, 4.69) is 234 Å². The number of fused-ring (bicyclic) bond motifs is 21. The van der Waals surface area contributed by atoms with Crippen molar-refractivity contribution in [3.05, 3.63) is 247 Å². The van der Waals surface area contributed by atoms with Crippen molar-refractivity contribution in [2.24, 2.45) is 0 Å². The number of nitrogens with zero attached hydrogens (tertiary/aromatic N) is 3. The van der Waals surface area contributed by atoms with Gasteiger partial charge in [0.05, 0.1) is 38.7 Å². The molecular weight excluding hydrogens is 787 g/mol. The van der Waals surface area contributed by atoms with E-state index in [-0.39, 0.29) is 0 Å². The molecule has 0 amide bonds. The quantitative estimate of drug-likeness (QED) is 0.163. The number of aromatic nitrogens is 3. The molecule has 1 spiro atoms. The molecule has 0 saturated heterocycles. The van der Waals surface area contributed by atoms with Gasteiger partial charge in [0, 0.05) is 54.6 Å². The lowest BCUT2D eigenvalue weighted by Crippen LogP contribution is -2.25. The zero-order chi connectivity index (χ0) is 42.4. The molecule has 0 saturated carbocycles. The Labute approximate surface area is 374 Å². The summed E-state index contributed by atoms with van der Waals surface area (Å²) in [7, 11) is 0. The fourth-order valence-electron chi connectivity index (χ4n) is 12.3. The number of benzene rings is 10. The van der Waals surface area contributed by atoms with Crippen LogP contribution >= 0.6 is 0 Å². The highest BCUT2D eigenvalue weighted by Crippen LogP contribution is 2.64. The summed E-state index contributed by atoms with van der Waals surface area (Å²) in [6, 6.07) is 83.0. The van der Waals surface area contributed by atoms with E-state index in [9.17, 15) is 0 Å². The van der Waals surface area contributed by atoms with Crippen LogP contribution < -0.4 is 0 Å². The van der Waals surface area contributed by atoms with Crippen LogP contribution in [0.15, 0.2) is 224 Å². The second-order valence-electron chi connectivity index (χ2n) is 17.7. The SMILES string of the molecule is c1ccc(-n2c3ccccc3c3ccc4c5ccccc5n(-c5cccc(-c6nc7ccccc7c7c8c(ccc67)C6(c7ccccc7-c7ccccc76)c6ccccc6-8)c5)c4c32)cc1. The van der Waals surface area contributed by atoms with Crippen molar-refractivity contribution in [3.63, 3.8) is 0 Å². The van der Waals surface area contributed by atoms with Gasteiger partial charge in [-0.15, -0.1) is 0 Å². The minimum Gasteiger partial charge on any atom is -0.307 e. The maximum Gasteiger partial charge on any atom is 0.0789 e. The fourth-order valence-corrected chi connectivity index (χ4v) is 12.3. The predicted octanol–water partition coefficient (Wildman–Crippen LogP) is 15.6. The van der Waals surface area contributed by atoms with Crippen molar-refractivity contribution in [2.75, 3.05) is 0 Å². The Bertz CT molecular complexity index is 4140. The van der Waals surface area contributed by atoms with Crippen molar-refractivity contribution in [1.29, 1.82) is 0 Å². The minimum absolute atomic E-state index is 0.429. The van der Waals surface area contributed by atoms with Crippen LogP contribution in [0.5, 0.6) is 0 Å². The smallest absolute Gasteiger partial charge is 0.0789 e. The summed E-state index contributed by atoms with van der Waals surface area (Å²) in [6.07, 6.45) is 0. The molecule has 0 aliphatic heterocycles. The third-order valence-corrected chi connectivity index (χ3v) is 14.7. The third-order valence-electron chi connectivity index (χ3n) is 14.7. The number of hydrogen-bond donors (Lipinski definition) is 0. The molecule has 0 N–H and O–H groups in total. The van der Waals surface area contributed by atoms with Crippen molar-refractivity contribution in [2.45, 2.75) is 5.41 Å². The zero-order valence-corrected chi connectivity index (χ0v) is 35.2. The minimum atomic E-state index is -0.429. The fraction of sp³-hybridized carbons (Fsp3) is 0.0161. The topological polar surface area (TPSA) is 22.8 Å². The second kappa shape index (κ2) is 12.8. The summed E-state index contributed by atoms with van der Waals surface area (Å²) >= 11 is 0. The first kappa shape index (κ1) is 35.0. The summed E-state index contributed by atoms with van der Waals surface area (Å²) in [5.41, 5.74) is 20.2. The summed E-state index contributed by atoms with van der Waals surface area (Å²) in [5.74, 6) is 0. The normalized spacial score (nSPS) is 13.4. The molecule has 3 nitrogen and oxygen atoms in total. The maximum atomic E-state index is 5.58. The molecule has 0 radical (unpaired) electrons. The highest BCUT2D eigenvalue weighted by Gasteiger charge is 2.52. The highest BCUT2D eigenvalue weighted by molar-refractivity contribution is 6.24. The van der Waals surface area contributed by atoms with Gasteiger partial charge in [-0.3, -0.25) is 0 Å². The van der Waals surface area contributed by atoms with E-state index in [0.29, 0.717) is 0 Å². The van der Waals surface area contributed by atoms with Gasteiger partial charge in [0.1, 0.15) is 0 Å². The van der Waals surface area contributed by atoms with E-state index in [1.807, 2.05) is 0 Å². The molecule has 10 aromatic carbocycles. The lowest BCUT2D eigenvalue weighted by molar-refractivity contribution is 0.794. The van der Waals surface area contributed by atoms with E-state index in [1.54, 1.807) is 0 Å². The summed E-state index contributed by atoms with van der Waals surface area (Å²) in [6.45, 7) is 0. The molecule has 3 heterocycles. The Morgan fingerprint density at radius 1 is 0.338 bits per heavy atom. The monoisotopic (exact) mass is 823 g/mol. The van der Waals surface area contributed by atoms with Gasteiger partial charge in [-0.2, -0.15) is 0 Å². The zero-order valence-electron chi connectivity index (χ0n) is 35.2. The average Bonchev–Trinajstić information content (AvgIpc) is 4.09. The predicted molar refractivity (Wildman–Crippen MR) is 270 cm³/mol. The Morgan fingerprint density at radius 2 is 0.846 bits per heavy atom. The molecule has 0 fully saturated rings. The maximum absolute atomic E-state index is 5.58. The molecular formula is C62H37N3. The molecule has 13 aromatic rings. The van der Waals surface area contributed by atoms with E-state index in [1.165, 1.54) is 98.9 Å². The van der Waals surface area contributed by atoms with E-state index >= 15 is 0 Å². The van der Waals surface area contributed by atoms with E-state index < -0.39 is 5.41 Å². The van der Waals surface area contributed by atoms with Gasteiger partial charge in [-0.1, -0.05) is 182 Å². The average molecular weight is 824 g/mol. The largest absolute Gasteiger partial charge is 0.307 e. The van der Waals surface area contributed by atoms with Crippen LogP contribution in [0.4, 0.5) is 0 Å². The van der Waals surface area contributed by atoms with Gasteiger partial charge in [0.15, 0.2) is 0 Å². The Hall–Kier alpha value is -8.53. The van der Waals surface area contributed by atoms with Crippen molar-refractivity contribution in [1.82, 2.24) is 14.1 Å². The Morgan fingerprint density at radius 3 is 1.52 bits per heavy atom. The van der Waals surface area contributed by atoms with Crippen LogP contribution in [0, 0.1) is 0 Å². The Balaban J connectivity index is 1.03. The van der Waals surface area contributed by atoms with Crippen molar-refractivity contribution in [3.8, 4) is 44.9 Å². The first-order valence-corrected chi connectivity index (χ1v) is 22.6. The molecule has 2 aliphatic carbocycles. The van der Waals surface area contributed by atoms with Crippen LogP contribution in [0.1, 0.15) is 22.3 Å². The summed E-state index contributed by atoms with van der Waals surface area (Å²) in [5, 5.41) is 8.51. The molecule has 65 heavy (non-hydrogen) atoms. The van der Waals surface area contributed by atoms with Crippen LogP contribution in [-0.2, 0) is 5.41 Å². The molecule has 15 rings (SSSR count). The van der Waals surface area contributed by atoms with Crippen LogP contribution in [-0.4, -0.2) is 14.1 Å². The van der Waals surface area contributed by atoms with Gasteiger partial charge in [0.2, 0.25) is 0 Å². The third kappa shape index (κ3) is 4.42. The molecule has 3 aromatic heterocycles. The van der Waals surface area contributed by atoms with E-state index in [4.69, 9.17) is 4.98 Å². The number of pyridine rings is 1. The molecule has 0 atom stereocenters. The Kier molecular flexibility index (Phi) is 6.88. The summed E-state index contributed by atoms with van der Waals surface area (Å²) in [4.78, 5) is 5.58. The molecule has 300 valence electrons. The number of rotatable bonds is 3. The van der Waals surface area contributed by atoms with Gasteiger partial charge in [-0.25, -0.2) is 4.98 Å². The number of para-hydroxylation sites is 4. The highest BCUT2D eigenvalue weighted by atomic mass is 15.0. The first-order chi connectivity index (χ1) is 32.3. The van der Waals surface area contributed by atoms with Gasteiger partial charge in [-0.05, 0) is 87.0 Å². The van der Waals surface area contributed by atoms with E-state index in [0.717, 1.165) is 33.5 Å². The molecule has 0 bridgehead atoms. The van der Waals surface area contributed by atoms with Crippen LogP contribution in [0.3, 0.4) is 0 Å². The number of hydrogen-bond acceptors (Lipinski definition) is 1. The lowest BCUT2D eigenvalue weighted by atomic mass is 9.70. The lowest BCUT2D eigenvalue weighted by Gasteiger charge is -2.30. The van der Waals surface area contributed by atoms with Crippen LogP contribution in [0.2, 0.25) is 0 Å². The van der Waals surface area contributed by atoms with Crippen LogP contribution in [0.25, 0.3) is 110 Å².